The Hall–Kier alpha value is -4.22. The number of aryl methyl sites for hydroxylation is 1. The molecule has 45 heavy (non-hydrogen) atoms. The van der Waals surface area contributed by atoms with Crippen LogP contribution in [0, 0.1) is 13.8 Å². The van der Waals surface area contributed by atoms with Gasteiger partial charge in [0.1, 0.15) is 33.5 Å². The van der Waals surface area contributed by atoms with Gasteiger partial charge in [0.2, 0.25) is 0 Å². The standard InChI is InChI=1S/C34H31BrO9S/c1-19-20(2)42-31(17-23-10-6-7-11-28(23)35)32(19)33(37)24-12-15-29(27(16-24)22-8-4-5-9-22)44-45(40,41)25-13-14-26(34(38)39)30(18-25)43-21(3)36/h6-7,10-16,18,22H,4-5,8-9,17H2,1-3H3,(H,38,39). The minimum Gasteiger partial charge on any atom is -0.478 e. The van der Waals surface area contributed by atoms with Gasteiger partial charge in [-0.3, -0.25) is 9.59 Å². The van der Waals surface area contributed by atoms with E-state index >= 15 is 0 Å². The number of carbonyl (C=O) groups excluding carboxylic acids is 2. The first-order valence-electron chi connectivity index (χ1n) is 14.4. The Labute approximate surface area is 269 Å². The lowest BCUT2D eigenvalue weighted by Crippen LogP contribution is -2.14. The number of carboxylic acid groups (broad SMARTS) is 1. The van der Waals surface area contributed by atoms with Crippen LogP contribution >= 0.6 is 15.9 Å². The van der Waals surface area contributed by atoms with Gasteiger partial charge in [0, 0.05) is 35.0 Å². The number of aromatic carboxylic acids is 1. The molecule has 0 bridgehead atoms. The van der Waals surface area contributed by atoms with Crippen LogP contribution in [-0.2, 0) is 21.3 Å². The molecule has 0 aliphatic heterocycles. The van der Waals surface area contributed by atoms with E-state index in [0.717, 1.165) is 66.4 Å². The van der Waals surface area contributed by atoms with E-state index in [9.17, 15) is 27.9 Å². The molecule has 0 spiro atoms. The Bertz CT molecular complexity index is 1920. The summed E-state index contributed by atoms with van der Waals surface area (Å²) in [5.74, 6) is -1.62. The van der Waals surface area contributed by atoms with Crippen molar-refractivity contribution in [3.63, 3.8) is 0 Å². The maximum Gasteiger partial charge on any atom is 0.339 e. The molecule has 0 radical (unpaired) electrons. The zero-order valence-electron chi connectivity index (χ0n) is 24.9. The van der Waals surface area contributed by atoms with E-state index in [-0.39, 0.29) is 27.9 Å². The first kappa shape index (κ1) is 32.2. The molecule has 9 nitrogen and oxygen atoms in total. The first-order valence-corrected chi connectivity index (χ1v) is 16.6. The zero-order valence-corrected chi connectivity index (χ0v) is 27.3. The number of hydrogen-bond acceptors (Lipinski definition) is 8. The molecule has 0 atom stereocenters. The van der Waals surface area contributed by atoms with E-state index in [1.165, 1.54) is 12.1 Å². The molecule has 3 aromatic carbocycles. The molecule has 1 saturated carbocycles. The van der Waals surface area contributed by atoms with Crippen LogP contribution in [0.5, 0.6) is 11.5 Å². The fraction of sp³-hybridized carbons (Fsp3) is 0.265. The average Bonchev–Trinajstić information content (AvgIpc) is 3.61. The third kappa shape index (κ3) is 6.89. The Morgan fingerprint density at radius 2 is 1.69 bits per heavy atom. The van der Waals surface area contributed by atoms with Gasteiger partial charge in [0.25, 0.3) is 0 Å². The molecule has 1 heterocycles. The number of benzene rings is 3. The van der Waals surface area contributed by atoms with Gasteiger partial charge in [0.15, 0.2) is 5.78 Å². The summed E-state index contributed by atoms with van der Waals surface area (Å²) in [6.45, 7) is 4.74. The third-order valence-electron chi connectivity index (χ3n) is 7.99. The average molecular weight is 696 g/mol. The van der Waals surface area contributed by atoms with Crippen molar-refractivity contribution in [3.05, 3.63) is 110 Å². The highest BCUT2D eigenvalue weighted by molar-refractivity contribution is 9.10. The summed E-state index contributed by atoms with van der Waals surface area (Å²) in [6.07, 6.45) is 3.91. The van der Waals surface area contributed by atoms with E-state index in [2.05, 4.69) is 15.9 Å². The Morgan fingerprint density at radius 1 is 0.978 bits per heavy atom. The van der Waals surface area contributed by atoms with E-state index in [4.69, 9.17) is 13.3 Å². The topological polar surface area (TPSA) is 137 Å². The van der Waals surface area contributed by atoms with Gasteiger partial charge in [-0.25, -0.2) is 4.79 Å². The monoisotopic (exact) mass is 694 g/mol. The van der Waals surface area contributed by atoms with Crippen molar-refractivity contribution in [2.75, 3.05) is 0 Å². The third-order valence-corrected chi connectivity index (χ3v) is 9.99. The maximum atomic E-state index is 14.1. The van der Waals surface area contributed by atoms with Crippen LogP contribution < -0.4 is 8.92 Å². The van der Waals surface area contributed by atoms with E-state index < -0.39 is 27.8 Å². The molecule has 1 aliphatic rings. The van der Waals surface area contributed by atoms with Crippen molar-refractivity contribution in [3.8, 4) is 11.5 Å². The Balaban J connectivity index is 1.52. The number of furan rings is 1. The molecule has 4 aromatic rings. The Kier molecular flexibility index (Phi) is 9.31. The maximum absolute atomic E-state index is 14.1. The second-order valence-corrected chi connectivity index (χ2v) is 13.4. The normalized spacial score (nSPS) is 13.5. The van der Waals surface area contributed by atoms with Crippen LogP contribution in [-0.4, -0.2) is 31.2 Å². The molecular formula is C34H31BrO9S. The predicted octanol–water partition coefficient (Wildman–Crippen LogP) is 7.53. The van der Waals surface area contributed by atoms with Gasteiger partial charge in [-0.05, 0) is 80.1 Å². The van der Waals surface area contributed by atoms with Gasteiger partial charge in [-0.1, -0.05) is 47.0 Å². The number of halogens is 1. The van der Waals surface area contributed by atoms with Crippen LogP contribution in [0.2, 0.25) is 0 Å². The van der Waals surface area contributed by atoms with Crippen molar-refractivity contribution in [1.82, 2.24) is 0 Å². The van der Waals surface area contributed by atoms with Crippen molar-refractivity contribution in [1.29, 1.82) is 0 Å². The molecule has 1 aromatic heterocycles. The summed E-state index contributed by atoms with van der Waals surface area (Å²) in [7, 11) is -4.49. The number of esters is 1. The van der Waals surface area contributed by atoms with E-state index in [1.54, 1.807) is 6.07 Å². The second-order valence-electron chi connectivity index (χ2n) is 11.0. The van der Waals surface area contributed by atoms with Crippen LogP contribution in [0.1, 0.15) is 93.0 Å². The van der Waals surface area contributed by atoms with E-state index in [1.807, 2.05) is 38.1 Å². The lowest BCUT2D eigenvalue weighted by Gasteiger charge is -2.18. The smallest absolute Gasteiger partial charge is 0.339 e. The van der Waals surface area contributed by atoms with Crippen LogP contribution in [0.4, 0.5) is 0 Å². The highest BCUT2D eigenvalue weighted by Crippen LogP contribution is 2.41. The molecular weight excluding hydrogens is 664 g/mol. The van der Waals surface area contributed by atoms with Crippen molar-refractivity contribution in [2.45, 2.75) is 63.7 Å². The number of ether oxygens (including phenoxy) is 1. The lowest BCUT2D eigenvalue weighted by atomic mass is 9.91. The molecule has 5 rings (SSSR count). The Morgan fingerprint density at radius 3 is 2.36 bits per heavy atom. The fourth-order valence-corrected chi connectivity index (χ4v) is 7.04. The highest BCUT2D eigenvalue weighted by Gasteiger charge is 2.29. The van der Waals surface area contributed by atoms with Crippen LogP contribution in [0.15, 0.2) is 74.4 Å². The van der Waals surface area contributed by atoms with Crippen molar-refractivity contribution >= 4 is 43.8 Å². The van der Waals surface area contributed by atoms with Crippen molar-refractivity contribution in [2.24, 2.45) is 0 Å². The summed E-state index contributed by atoms with van der Waals surface area (Å²) >= 11 is 3.57. The van der Waals surface area contributed by atoms with Crippen molar-refractivity contribution < 1.29 is 41.2 Å². The summed E-state index contributed by atoms with van der Waals surface area (Å²) in [5.41, 5.74) is 2.77. The summed E-state index contributed by atoms with van der Waals surface area (Å²) in [5, 5.41) is 9.43. The van der Waals surface area contributed by atoms with E-state index in [0.29, 0.717) is 34.6 Å². The molecule has 0 saturated heterocycles. The highest BCUT2D eigenvalue weighted by atomic mass is 79.9. The molecule has 1 N–H and O–H groups in total. The number of hydrogen-bond donors (Lipinski definition) is 1. The number of carboxylic acids is 1. The number of carbonyl (C=O) groups is 3. The van der Waals surface area contributed by atoms with Crippen LogP contribution in [0.25, 0.3) is 0 Å². The van der Waals surface area contributed by atoms with Gasteiger partial charge in [0.05, 0.1) is 5.56 Å². The minimum atomic E-state index is -4.49. The van der Waals surface area contributed by atoms with Gasteiger partial charge in [-0.2, -0.15) is 8.42 Å². The molecule has 234 valence electrons. The second kappa shape index (κ2) is 13.0. The molecule has 0 unspecified atom stereocenters. The lowest BCUT2D eigenvalue weighted by molar-refractivity contribution is -0.131. The first-order chi connectivity index (χ1) is 21.4. The minimum absolute atomic E-state index is 0.0270. The molecule has 1 aliphatic carbocycles. The number of rotatable bonds is 10. The van der Waals surface area contributed by atoms with Gasteiger partial charge >= 0.3 is 22.1 Å². The largest absolute Gasteiger partial charge is 0.478 e. The molecule has 0 amide bonds. The van der Waals surface area contributed by atoms with Gasteiger partial charge in [-0.15, -0.1) is 0 Å². The predicted molar refractivity (Wildman–Crippen MR) is 169 cm³/mol. The fourth-order valence-electron chi connectivity index (χ4n) is 5.64. The zero-order chi connectivity index (χ0) is 32.5. The number of ketones is 1. The quantitative estimate of drug-likeness (QED) is 0.0773. The summed E-state index contributed by atoms with van der Waals surface area (Å²) in [6, 6.07) is 15.5. The SMILES string of the molecule is CC(=O)Oc1cc(S(=O)(=O)Oc2ccc(C(=O)c3c(Cc4ccccc4Br)oc(C)c3C)cc2C2CCCC2)ccc1C(=O)O. The molecule has 11 heteroatoms. The van der Waals surface area contributed by atoms with Gasteiger partial charge < -0.3 is 18.4 Å². The van der Waals surface area contributed by atoms with Crippen LogP contribution in [0.3, 0.4) is 0 Å². The summed E-state index contributed by atoms with van der Waals surface area (Å²) < 4.78 is 44.4. The summed E-state index contributed by atoms with van der Waals surface area (Å²) in [4.78, 5) is 36.8. The molecule has 1 fully saturated rings.